The van der Waals surface area contributed by atoms with Gasteiger partial charge in [-0.15, -0.1) is 11.3 Å². The monoisotopic (exact) mass is 249 g/mol. The number of aromatic nitrogens is 1. The molecule has 2 aromatic rings. The molecule has 0 radical (unpaired) electrons. The van der Waals surface area contributed by atoms with E-state index in [9.17, 15) is 9.59 Å². The quantitative estimate of drug-likeness (QED) is 0.672. The largest absolute Gasteiger partial charge is 0.464 e. The van der Waals surface area contributed by atoms with E-state index < -0.39 is 5.97 Å². The Hall–Kier alpha value is -1.88. The first-order valence-electron chi connectivity index (χ1n) is 4.99. The summed E-state index contributed by atoms with van der Waals surface area (Å²) < 4.78 is 4.64. The maximum atomic E-state index is 11.5. The third kappa shape index (κ3) is 2.14. The number of carbonyl (C=O) groups excluding carboxylic acids is 2. The molecule has 0 aromatic carbocycles. The zero-order chi connectivity index (χ0) is 12.4. The zero-order valence-corrected chi connectivity index (χ0v) is 10.3. The summed E-state index contributed by atoms with van der Waals surface area (Å²) in [5.74, 6) is -0.692. The molecule has 0 amide bonds. The average molecular weight is 249 g/mol. The summed E-state index contributed by atoms with van der Waals surface area (Å²) in [5.41, 5.74) is 1.33. The highest BCUT2D eigenvalue weighted by molar-refractivity contribution is 7.13. The molecule has 1 N–H and O–H groups in total. The number of aromatic amines is 1. The lowest BCUT2D eigenvalue weighted by Crippen LogP contribution is -2.07. The molecule has 0 saturated carbocycles. The first kappa shape index (κ1) is 11.6. The van der Waals surface area contributed by atoms with Crippen LogP contribution in [0.4, 0.5) is 0 Å². The van der Waals surface area contributed by atoms with Crippen molar-refractivity contribution < 1.29 is 14.3 Å². The van der Waals surface area contributed by atoms with Gasteiger partial charge in [-0.05, 0) is 24.4 Å². The lowest BCUT2D eigenvalue weighted by atomic mass is 10.1. The molecule has 4 nitrogen and oxygen atoms in total. The number of hydrogen-bond donors (Lipinski definition) is 1. The van der Waals surface area contributed by atoms with Gasteiger partial charge in [0.1, 0.15) is 5.69 Å². The van der Waals surface area contributed by atoms with E-state index in [0.29, 0.717) is 5.56 Å². The second-order valence-corrected chi connectivity index (χ2v) is 4.44. The number of thiophene rings is 1. The average Bonchev–Trinajstić information content (AvgIpc) is 2.95. The molecule has 0 aliphatic rings. The van der Waals surface area contributed by atoms with Gasteiger partial charge >= 0.3 is 5.97 Å². The van der Waals surface area contributed by atoms with Gasteiger partial charge in [0.15, 0.2) is 5.78 Å². The summed E-state index contributed by atoms with van der Waals surface area (Å²) in [6, 6.07) is 5.51. The normalized spacial score (nSPS) is 10.2. The lowest BCUT2D eigenvalue weighted by Gasteiger charge is -1.97. The Labute approximate surface area is 102 Å². The molecule has 17 heavy (non-hydrogen) atoms. The number of methoxy groups -OCH3 is 1. The van der Waals surface area contributed by atoms with Gasteiger partial charge < -0.3 is 9.72 Å². The van der Waals surface area contributed by atoms with Crippen LogP contribution in [0.5, 0.6) is 0 Å². The van der Waals surface area contributed by atoms with Gasteiger partial charge in [-0.2, -0.15) is 0 Å². The van der Waals surface area contributed by atoms with Crippen molar-refractivity contribution in [1.29, 1.82) is 0 Å². The molecular weight excluding hydrogens is 238 g/mol. The zero-order valence-electron chi connectivity index (χ0n) is 9.44. The first-order chi connectivity index (χ1) is 8.13. The van der Waals surface area contributed by atoms with Crippen molar-refractivity contribution in [3.8, 4) is 10.6 Å². The van der Waals surface area contributed by atoms with Crippen molar-refractivity contribution in [2.75, 3.05) is 7.11 Å². The minimum absolute atomic E-state index is 0.163. The summed E-state index contributed by atoms with van der Waals surface area (Å²) in [5, 5.41) is 1.93. The Bertz CT molecular complexity index is 554. The number of esters is 1. The molecule has 2 aromatic heterocycles. The summed E-state index contributed by atoms with van der Waals surface area (Å²) in [4.78, 5) is 26.9. The highest BCUT2D eigenvalue weighted by atomic mass is 32.1. The smallest absolute Gasteiger partial charge is 0.355 e. The van der Waals surface area contributed by atoms with Crippen molar-refractivity contribution in [2.45, 2.75) is 6.92 Å². The van der Waals surface area contributed by atoms with Gasteiger partial charge in [0.25, 0.3) is 0 Å². The third-order valence-electron chi connectivity index (χ3n) is 2.37. The maximum Gasteiger partial charge on any atom is 0.355 e. The van der Waals surface area contributed by atoms with Crippen LogP contribution < -0.4 is 0 Å². The Morgan fingerprint density at radius 1 is 1.41 bits per heavy atom. The number of ketones is 1. The third-order valence-corrected chi connectivity index (χ3v) is 3.28. The van der Waals surface area contributed by atoms with E-state index in [-0.39, 0.29) is 11.5 Å². The summed E-state index contributed by atoms with van der Waals surface area (Å²) >= 11 is 1.53. The molecule has 0 aliphatic carbocycles. The molecule has 0 fully saturated rings. The molecule has 0 unspecified atom stereocenters. The predicted molar refractivity (Wildman–Crippen MR) is 65.4 cm³/mol. The topological polar surface area (TPSA) is 59.2 Å². The molecule has 2 rings (SSSR count). The van der Waals surface area contributed by atoms with E-state index in [1.807, 2.05) is 17.5 Å². The highest BCUT2D eigenvalue weighted by Gasteiger charge is 2.19. The van der Waals surface area contributed by atoms with E-state index >= 15 is 0 Å². The fourth-order valence-electron chi connectivity index (χ4n) is 1.56. The van der Waals surface area contributed by atoms with Crippen LogP contribution in [0.1, 0.15) is 27.8 Å². The number of hydrogen-bond acceptors (Lipinski definition) is 4. The van der Waals surface area contributed by atoms with Gasteiger partial charge in [-0.3, -0.25) is 4.79 Å². The lowest BCUT2D eigenvalue weighted by molar-refractivity contribution is 0.0591. The minimum atomic E-state index is -0.530. The standard InChI is InChI=1S/C12H11NO3S/c1-7(14)8-6-9(10-4-3-5-17-10)13-11(8)12(15)16-2/h3-6,13H,1-2H3. The summed E-state index contributed by atoms with van der Waals surface area (Å²) in [7, 11) is 1.29. The number of ether oxygens (including phenoxy) is 1. The minimum Gasteiger partial charge on any atom is -0.464 e. The van der Waals surface area contributed by atoms with E-state index in [1.165, 1.54) is 25.4 Å². The second-order valence-electron chi connectivity index (χ2n) is 3.50. The van der Waals surface area contributed by atoms with E-state index in [0.717, 1.165) is 10.6 Å². The highest BCUT2D eigenvalue weighted by Crippen LogP contribution is 2.26. The van der Waals surface area contributed by atoms with Crippen molar-refractivity contribution in [3.05, 3.63) is 34.8 Å². The number of H-pyrrole nitrogens is 1. The molecule has 0 saturated heterocycles. The van der Waals surface area contributed by atoms with E-state index in [2.05, 4.69) is 9.72 Å². The van der Waals surface area contributed by atoms with Crippen molar-refractivity contribution in [3.63, 3.8) is 0 Å². The molecule has 2 heterocycles. The molecule has 0 aliphatic heterocycles. The second kappa shape index (κ2) is 4.55. The maximum absolute atomic E-state index is 11.5. The SMILES string of the molecule is COC(=O)c1[nH]c(-c2cccs2)cc1C(C)=O. The number of nitrogens with one attached hydrogen (secondary N) is 1. The van der Waals surface area contributed by atoms with Crippen LogP contribution in [0.15, 0.2) is 23.6 Å². The van der Waals surface area contributed by atoms with E-state index in [4.69, 9.17) is 0 Å². The number of rotatable bonds is 3. The summed E-state index contributed by atoms with van der Waals surface area (Å²) in [6.07, 6.45) is 0. The number of Topliss-reactive ketones (excluding diaryl/α,β-unsaturated/α-hetero) is 1. The van der Waals surface area contributed by atoms with Gasteiger partial charge in [-0.1, -0.05) is 6.07 Å². The van der Waals surface area contributed by atoms with Crippen LogP contribution in [-0.4, -0.2) is 23.8 Å². The van der Waals surface area contributed by atoms with E-state index in [1.54, 1.807) is 6.07 Å². The molecule has 0 atom stereocenters. The van der Waals surface area contributed by atoms with Crippen molar-refractivity contribution >= 4 is 23.1 Å². The molecular formula is C12H11NO3S. The van der Waals surface area contributed by atoms with Gasteiger partial charge in [0.05, 0.1) is 23.2 Å². The van der Waals surface area contributed by atoms with Crippen LogP contribution in [0.25, 0.3) is 10.6 Å². The Morgan fingerprint density at radius 3 is 2.71 bits per heavy atom. The molecule has 5 heteroatoms. The summed E-state index contributed by atoms with van der Waals surface area (Å²) in [6.45, 7) is 1.42. The van der Waals surface area contributed by atoms with Gasteiger partial charge in [0, 0.05) is 0 Å². The number of carbonyl (C=O) groups is 2. The Balaban J connectivity index is 2.52. The van der Waals surface area contributed by atoms with Crippen LogP contribution in [0.2, 0.25) is 0 Å². The van der Waals surface area contributed by atoms with Crippen LogP contribution in [0, 0.1) is 0 Å². The van der Waals surface area contributed by atoms with Crippen LogP contribution in [-0.2, 0) is 4.74 Å². The fourth-order valence-corrected chi connectivity index (χ4v) is 2.26. The Morgan fingerprint density at radius 2 is 2.18 bits per heavy atom. The van der Waals surface area contributed by atoms with Crippen LogP contribution in [0.3, 0.4) is 0 Å². The Kier molecular flexibility index (Phi) is 3.10. The first-order valence-corrected chi connectivity index (χ1v) is 5.87. The predicted octanol–water partition coefficient (Wildman–Crippen LogP) is 2.73. The molecule has 0 bridgehead atoms. The van der Waals surface area contributed by atoms with Crippen molar-refractivity contribution in [2.24, 2.45) is 0 Å². The van der Waals surface area contributed by atoms with Gasteiger partial charge in [0.2, 0.25) is 0 Å². The molecule has 88 valence electrons. The van der Waals surface area contributed by atoms with Gasteiger partial charge in [-0.25, -0.2) is 4.79 Å². The molecule has 0 spiro atoms. The van der Waals surface area contributed by atoms with Crippen molar-refractivity contribution in [1.82, 2.24) is 4.98 Å². The van der Waals surface area contributed by atoms with Crippen LogP contribution >= 0.6 is 11.3 Å². The fraction of sp³-hybridized carbons (Fsp3) is 0.167.